The third-order valence-electron chi connectivity index (χ3n) is 1.60. The quantitative estimate of drug-likeness (QED) is 0.374. The van der Waals surface area contributed by atoms with Crippen LogP contribution >= 0.6 is 37.9 Å². The normalized spacial score (nSPS) is 14.5. The summed E-state index contributed by atoms with van der Waals surface area (Å²) in [6, 6.07) is 0. The number of hydrogen-bond donors (Lipinski definition) is 3. The molecule has 4 heteroatoms. The lowest BCUT2D eigenvalue weighted by Crippen LogP contribution is -2.01. The molecule has 0 fully saturated rings. The molecule has 1 nitrogen and oxygen atoms in total. The Bertz CT molecular complexity index is 264. The molecule has 0 spiro atoms. The molecule has 0 heterocycles. The van der Waals surface area contributed by atoms with Crippen molar-refractivity contribution in [3.63, 3.8) is 0 Å². The maximum absolute atomic E-state index is 4.27. The Labute approximate surface area is 96.6 Å². The van der Waals surface area contributed by atoms with Crippen LogP contribution in [0.25, 0.3) is 0 Å². The summed E-state index contributed by atoms with van der Waals surface area (Å²) in [4.78, 5) is 5.47. The predicted octanol–water partition coefficient (Wildman–Crippen LogP) is 3.58. The SMILES string of the molecule is C=C(S)/C(S)=C(/S)N=C(C)C(C)C. The molecule has 0 bridgehead atoms. The molecule has 0 amide bonds. The minimum absolute atomic E-state index is 0.413. The van der Waals surface area contributed by atoms with Gasteiger partial charge in [0.05, 0.1) is 0 Å². The van der Waals surface area contributed by atoms with Gasteiger partial charge in [-0.3, -0.25) is 0 Å². The monoisotopic (exact) mass is 233 g/mol. The van der Waals surface area contributed by atoms with Crippen molar-refractivity contribution < 1.29 is 0 Å². The molecule has 0 saturated heterocycles. The molecule has 0 aliphatic rings. The van der Waals surface area contributed by atoms with Gasteiger partial charge in [-0.15, -0.1) is 37.9 Å². The van der Waals surface area contributed by atoms with Crippen LogP contribution < -0.4 is 0 Å². The summed E-state index contributed by atoms with van der Waals surface area (Å²) in [7, 11) is 0. The van der Waals surface area contributed by atoms with Crippen molar-refractivity contribution in [1.29, 1.82) is 0 Å². The summed E-state index contributed by atoms with van der Waals surface area (Å²) in [6.07, 6.45) is 0. The first-order valence-corrected chi connectivity index (χ1v) is 5.26. The smallest absolute Gasteiger partial charge is 0.107 e. The van der Waals surface area contributed by atoms with E-state index in [1.54, 1.807) is 0 Å². The van der Waals surface area contributed by atoms with Gasteiger partial charge in [-0.2, -0.15) is 0 Å². The molecule has 0 aromatic heterocycles. The molecule has 0 aliphatic carbocycles. The Kier molecular flexibility index (Phi) is 5.92. The number of nitrogens with zero attached hydrogens (tertiary/aromatic N) is 1. The molecule has 0 N–H and O–H groups in total. The third-order valence-corrected chi connectivity index (χ3v) is 2.98. The molecule has 0 atom stereocenters. The maximum Gasteiger partial charge on any atom is 0.107 e. The maximum atomic E-state index is 4.27. The third kappa shape index (κ3) is 4.84. The van der Waals surface area contributed by atoms with E-state index in [9.17, 15) is 0 Å². The van der Waals surface area contributed by atoms with Crippen molar-refractivity contribution in [3.05, 3.63) is 21.4 Å². The fourth-order valence-corrected chi connectivity index (χ4v) is 1.01. The van der Waals surface area contributed by atoms with Gasteiger partial charge in [-0.05, 0) is 12.8 Å². The van der Waals surface area contributed by atoms with Crippen molar-refractivity contribution in [2.45, 2.75) is 20.8 Å². The number of thiol groups is 3. The Morgan fingerprint density at radius 1 is 1.23 bits per heavy atom. The van der Waals surface area contributed by atoms with Crippen molar-refractivity contribution in [2.75, 3.05) is 0 Å². The van der Waals surface area contributed by atoms with Gasteiger partial charge in [0.15, 0.2) is 0 Å². The van der Waals surface area contributed by atoms with E-state index in [-0.39, 0.29) is 0 Å². The van der Waals surface area contributed by atoms with E-state index in [1.807, 2.05) is 6.92 Å². The van der Waals surface area contributed by atoms with Crippen LogP contribution in [0, 0.1) is 5.92 Å². The highest BCUT2D eigenvalue weighted by Crippen LogP contribution is 2.23. The standard InChI is InChI=1S/C9H15NS3/c1-5(2)6(3)10-9(13)8(12)7(4)11/h5,11-13H,4H2,1-3H3/b9-8-,10-6?. The van der Waals surface area contributed by atoms with E-state index < -0.39 is 0 Å². The molecule has 0 aliphatic heterocycles. The zero-order valence-corrected chi connectivity index (χ0v) is 10.8. The van der Waals surface area contributed by atoms with E-state index in [0.29, 0.717) is 20.8 Å². The second-order valence-electron chi connectivity index (χ2n) is 3.03. The van der Waals surface area contributed by atoms with Gasteiger partial charge in [0.2, 0.25) is 0 Å². The lowest BCUT2D eigenvalue weighted by molar-refractivity contribution is 0.878. The molecular formula is C9H15NS3. The van der Waals surface area contributed by atoms with Crippen LogP contribution in [0.4, 0.5) is 0 Å². The highest BCUT2D eigenvalue weighted by Gasteiger charge is 2.02. The first-order valence-electron chi connectivity index (χ1n) is 3.91. The number of hydrogen-bond acceptors (Lipinski definition) is 4. The zero-order chi connectivity index (χ0) is 10.6. The lowest BCUT2D eigenvalue weighted by atomic mass is 10.1. The average molecular weight is 233 g/mol. The van der Waals surface area contributed by atoms with Crippen LogP contribution in [0.2, 0.25) is 0 Å². The van der Waals surface area contributed by atoms with Crippen LogP contribution in [-0.4, -0.2) is 5.71 Å². The van der Waals surface area contributed by atoms with Crippen molar-refractivity contribution >= 4 is 43.6 Å². The highest BCUT2D eigenvalue weighted by atomic mass is 32.1. The molecule has 74 valence electrons. The molecular weight excluding hydrogens is 218 g/mol. The van der Waals surface area contributed by atoms with E-state index in [0.717, 1.165) is 5.71 Å². The largest absolute Gasteiger partial charge is 0.250 e. The molecule has 0 rings (SSSR count). The summed E-state index contributed by atoms with van der Waals surface area (Å²) >= 11 is 12.4. The molecule has 0 aromatic carbocycles. The summed E-state index contributed by atoms with van der Waals surface area (Å²) in [5.41, 5.74) is 1.02. The molecule has 0 saturated carbocycles. The Balaban J connectivity index is 4.81. The van der Waals surface area contributed by atoms with E-state index in [1.165, 1.54) is 0 Å². The van der Waals surface area contributed by atoms with E-state index >= 15 is 0 Å². The molecule has 0 radical (unpaired) electrons. The minimum atomic E-state index is 0.413. The van der Waals surface area contributed by atoms with Crippen molar-refractivity contribution in [2.24, 2.45) is 10.9 Å². The molecule has 0 unspecified atom stereocenters. The van der Waals surface area contributed by atoms with E-state index in [4.69, 9.17) is 0 Å². The van der Waals surface area contributed by atoms with Crippen molar-refractivity contribution in [1.82, 2.24) is 0 Å². The van der Waals surface area contributed by atoms with Gasteiger partial charge >= 0.3 is 0 Å². The van der Waals surface area contributed by atoms with Gasteiger partial charge in [0.25, 0.3) is 0 Å². The van der Waals surface area contributed by atoms with Crippen LogP contribution in [0.5, 0.6) is 0 Å². The van der Waals surface area contributed by atoms with Crippen LogP contribution in [0.15, 0.2) is 26.4 Å². The molecule has 13 heavy (non-hydrogen) atoms. The average Bonchev–Trinajstić information content (AvgIpc) is 2.02. The van der Waals surface area contributed by atoms with Gasteiger partial charge in [0, 0.05) is 15.5 Å². The van der Waals surface area contributed by atoms with Gasteiger partial charge < -0.3 is 0 Å². The van der Waals surface area contributed by atoms with Gasteiger partial charge in [-0.25, -0.2) is 4.99 Å². The first-order chi connectivity index (χ1) is 5.86. The second kappa shape index (κ2) is 5.83. The summed E-state index contributed by atoms with van der Waals surface area (Å²) < 4.78 is 0. The van der Waals surface area contributed by atoms with Crippen LogP contribution in [0.1, 0.15) is 20.8 Å². The summed E-state index contributed by atoms with van der Waals surface area (Å²) in [6.45, 7) is 9.76. The fourth-order valence-electron chi connectivity index (χ4n) is 0.478. The number of aliphatic imine (C=N–C) groups is 1. The Morgan fingerprint density at radius 3 is 2.00 bits per heavy atom. The minimum Gasteiger partial charge on any atom is -0.250 e. The van der Waals surface area contributed by atoms with Crippen molar-refractivity contribution in [3.8, 4) is 0 Å². The van der Waals surface area contributed by atoms with Crippen LogP contribution in [-0.2, 0) is 0 Å². The molecule has 0 aromatic rings. The Hall–Kier alpha value is 0.200. The summed E-state index contributed by atoms with van der Waals surface area (Å²) in [5, 5.41) is 0.564. The van der Waals surface area contributed by atoms with Gasteiger partial charge in [-0.1, -0.05) is 20.4 Å². The fraction of sp³-hybridized carbons (Fsp3) is 0.444. The zero-order valence-electron chi connectivity index (χ0n) is 8.07. The summed E-state index contributed by atoms with van der Waals surface area (Å²) in [5.74, 6) is 0.413. The Morgan fingerprint density at radius 2 is 1.69 bits per heavy atom. The lowest BCUT2D eigenvalue weighted by Gasteiger charge is -2.05. The second-order valence-corrected chi connectivity index (χ2v) is 4.44. The predicted molar refractivity (Wildman–Crippen MR) is 71.1 cm³/mol. The highest BCUT2D eigenvalue weighted by molar-refractivity contribution is 7.92. The van der Waals surface area contributed by atoms with Crippen LogP contribution in [0.3, 0.4) is 0 Å². The first kappa shape index (κ1) is 13.2. The van der Waals surface area contributed by atoms with E-state index in [2.05, 4.69) is 63.3 Å². The topological polar surface area (TPSA) is 12.4 Å². The number of rotatable bonds is 3. The van der Waals surface area contributed by atoms with Gasteiger partial charge in [0.1, 0.15) is 5.03 Å².